The van der Waals surface area contributed by atoms with Crippen molar-refractivity contribution in [3.05, 3.63) is 66.2 Å². The van der Waals surface area contributed by atoms with Gasteiger partial charge in [0, 0.05) is 76.5 Å². The van der Waals surface area contributed by atoms with Crippen LogP contribution in [0.4, 0.5) is 19.7 Å². The Bertz CT molecular complexity index is 1570. The summed E-state index contributed by atoms with van der Waals surface area (Å²) in [6.45, 7) is 5.14. The zero-order chi connectivity index (χ0) is 30.3. The molecule has 1 saturated heterocycles. The first kappa shape index (κ1) is 30.2. The van der Waals surface area contributed by atoms with Crippen molar-refractivity contribution in [2.75, 3.05) is 39.0 Å². The van der Waals surface area contributed by atoms with E-state index in [4.69, 9.17) is 9.72 Å². The molecule has 10 nitrogen and oxygen atoms in total. The number of ether oxygens (including phenoxy) is 1. The number of nitrogens with zero attached hydrogens (tertiary/aromatic N) is 4. The number of anilines is 1. The van der Waals surface area contributed by atoms with Crippen LogP contribution in [0.5, 0.6) is 11.5 Å². The van der Waals surface area contributed by atoms with E-state index in [-0.39, 0.29) is 23.9 Å². The first-order valence-corrected chi connectivity index (χ1v) is 15.2. The lowest BCUT2D eigenvalue weighted by atomic mass is 10.0. The molecular weight excluding hydrogens is 569 g/mol. The maximum atomic E-state index is 14.9. The molecule has 1 aromatic carbocycles. The molecule has 1 aliphatic rings. The van der Waals surface area contributed by atoms with E-state index in [1.54, 1.807) is 30.3 Å². The van der Waals surface area contributed by atoms with Crippen LogP contribution in [0.1, 0.15) is 31.7 Å². The van der Waals surface area contributed by atoms with Crippen molar-refractivity contribution >= 4 is 39.3 Å². The third kappa shape index (κ3) is 7.38. The normalized spacial score (nSPS) is 14.0. The highest BCUT2D eigenvalue weighted by Crippen LogP contribution is 2.39. The van der Waals surface area contributed by atoms with Gasteiger partial charge >= 0.3 is 12.1 Å². The minimum Gasteiger partial charge on any atom is -0.453 e. The maximum Gasteiger partial charge on any atom is 0.319 e. The average Bonchev–Trinajstić information content (AvgIpc) is 3.47. The number of hydrogen-bond donors (Lipinski definition) is 3. The van der Waals surface area contributed by atoms with Crippen molar-refractivity contribution in [3.63, 3.8) is 0 Å². The predicted molar refractivity (Wildman–Crippen MR) is 167 cm³/mol. The van der Waals surface area contributed by atoms with E-state index < -0.39 is 5.82 Å². The predicted octanol–water partition coefficient (Wildman–Crippen LogP) is 6.06. The molecule has 0 saturated carbocycles. The fraction of sp³-hybridized carbons (Fsp3) is 0.355. The van der Waals surface area contributed by atoms with Gasteiger partial charge in [0.2, 0.25) is 0 Å². The molecule has 0 unspecified atom stereocenters. The molecule has 226 valence electrons. The highest BCUT2D eigenvalue weighted by Gasteiger charge is 2.25. The number of pyridine rings is 2. The molecule has 0 spiro atoms. The molecule has 43 heavy (non-hydrogen) atoms. The molecule has 4 amide bonds. The van der Waals surface area contributed by atoms with Gasteiger partial charge in [-0.15, -0.1) is 11.3 Å². The summed E-state index contributed by atoms with van der Waals surface area (Å²) in [6, 6.07) is 11.9. The lowest BCUT2D eigenvalue weighted by Crippen LogP contribution is -2.47. The highest BCUT2D eigenvalue weighted by molar-refractivity contribution is 7.22. The zero-order valence-corrected chi connectivity index (χ0v) is 25.3. The number of hydrogen-bond acceptors (Lipinski definition) is 7. The lowest BCUT2D eigenvalue weighted by Gasteiger charge is -2.36. The van der Waals surface area contributed by atoms with Crippen molar-refractivity contribution in [3.8, 4) is 22.1 Å². The van der Waals surface area contributed by atoms with Gasteiger partial charge in [0.05, 0.1) is 20.8 Å². The van der Waals surface area contributed by atoms with Crippen LogP contribution in [-0.2, 0) is 6.54 Å². The van der Waals surface area contributed by atoms with Crippen LogP contribution in [0.25, 0.3) is 20.8 Å². The number of carbonyl (C=O) groups is 2. The SMILES string of the molecule is CCCNC(=O)Nc1ccc(Oc2ccnc3cc(-c4ccc(CN5CCC(N(C)C(=O)NC)CC5)cn4)sc23)c(F)c1. The molecule has 0 aliphatic carbocycles. The lowest BCUT2D eigenvalue weighted by molar-refractivity contribution is 0.132. The Kier molecular flexibility index (Phi) is 9.68. The van der Waals surface area contributed by atoms with E-state index in [0.717, 1.165) is 65.2 Å². The number of thiophene rings is 1. The second kappa shape index (κ2) is 13.8. The number of piperidine rings is 1. The van der Waals surface area contributed by atoms with E-state index in [2.05, 4.69) is 31.9 Å². The Morgan fingerprint density at radius 3 is 2.63 bits per heavy atom. The van der Waals surface area contributed by atoms with Gasteiger partial charge < -0.3 is 25.6 Å². The van der Waals surface area contributed by atoms with E-state index in [9.17, 15) is 14.0 Å². The number of amides is 4. The van der Waals surface area contributed by atoms with Crippen LogP contribution >= 0.6 is 11.3 Å². The van der Waals surface area contributed by atoms with Crippen molar-refractivity contribution in [1.29, 1.82) is 0 Å². The molecule has 3 aromatic heterocycles. The standard InChI is InChI=1S/C31H36FN7O3S/c1-4-12-35-30(40)37-21-6-8-26(23(32)16-21)42-27-9-13-34-25-17-28(43-29(25)27)24-7-5-20(18-36-24)19-39-14-10-22(11-15-39)38(3)31(41)33-2/h5-9,13,16-18,22H,4,10-12,14-15,19H2,1-3H3,(H,33,41)(H2,35,37,40). The second-order valence-corrected chi connectivity index (χ2v) is 11.5. The molecule has 1 aliphatic heterocycles. The minimum atomic E-state index is -0.588. The van der Waals surface area contributed by atoms with Gasteiger partial charge in [-0.05, 0) is 49.1 Å². The number of carbonyl (C=O) groups excluding carboxylic acids is 2. The summed E-state index contributed by atoms with van der Waals surface area (Å²) in [5.74, 6) is -0.0487. The molecular formula is C31H36FN7O3S. The first-order valence-electron chi connectivity index (χ1n) is 14.4. The summed E-state index contributed by atoms with van der Waals surface area (Å²) >= 11 is 1.48. The number of nitrogens with one attached hydrogen (secondary N) is 3. The molecule has 1 fully saturated rings. The van der Waals surface area contributed by atoms with E-state index in [1.165, 1.54) is 23.5 Å². The molecule has 0 bridgehead atoms. The first-order chi connectivity index (χ1) is 20.8. The number of rotatable bonds is 9. The Balaban J connectivity index is 1.23. The Hall–Kier alpha value is -4.29. The number of fused-ring (bicyclic) bond motifs is 1. The van der Waals surface area contributed by atoms with Gasteiger partial charge in [-0.3, -0.25) is 14.9 Å². The molecule has 0 radical (unpaired) electrons. The Morgan fingerprint density at radius 1 is 1.12 bits per heavy atom. The Labute approximate surface area is 254 Å². The van der Waals surface area contributed by atoms with Crippen LogP contribution in [0.2, 0.25) is 0 Å². The van der Waals surface area contributed by atoms with E-state index in [0.29, 0.717) is 18.0 Å². The van der Waals surface area contributed by atoms with Crippen molar-refractivity contribution in [2.45, 2.75) is 38.8 Å². The van der Waals surface area contributed by atoms with Crippen molar-refractivity contribution in [2.24, 2.45) is 0 Å². The quantitative estimate of drug-likeness (QED) is 0.214. The summed E-state index contributed by atoms with van der Waals surface area (Å²) in [5.41, 5.74) is 3.02. The number of benzene rings is 1. The second-order valence-electron chi connectivity index (χ2n) is 10.5. The summed E-state index contributed by atoms with van der Waals surface area (Å²) in [6.07, 6.45) is 6.22. The van der Waals surface area contributed by atoms with E-state index >= 15 is 0 Å². The fourth-order valence-electron chi connectivity index (χ4n) is 5.04. The average molecular weight is 606 g/mol. The van der Waals surface area contributed by atoms with Crippen LogP contribution in [0.15, 0.2) is 54.9 Å². The molecule has 0 atom stereocenters. The largest absolute Gasteiger partial charge is 0.453 e. The third-order valence-corrected chi connectivity index (χ3v) is 8.60. The van der Waals surface area contributed by atoms with Crippen LogP contribution in [-0.4, -0.2) is 71.6 Å². The molecule has 12 heteroatoms. The van der Waals surface area contributed by atoms with Gasteiger partial charge in [0.15, 0.2) is 11.6 Å². The third-order valence-electron chi connectivity index (χ3n) is 7.44. The summed E-state index contributed by atoms with van der Waals surface area (Å²) in [5, 5.41) is 8.01. The van der Waals surface area contributed by atoms with Crippen LogP contribution in [0, 0.1) is 5.82 Å². The van der Waals surface area contributed by atoms with Gasteiger partial charge in [0.25, 0.3) is 0 Å². The molecule has 3 N–H and O–H groups in total. The topological polar surface area (TPSA) is 112 Å². The highest BCUT2D eigenvalue weighted by atomic mass is 32.1. The number of urea groups is 2. The number of aromatic nitrogens is 2. The Morgan fingerprint density at radius 2 is 1.93 bits per heavy atom. The number of likely N-dealkylation sites (tertiary alicyclic amines) is 1. The monoisotopic (exact) mass is 605 g/mol. The van der Waals surface area contributed by atoms with Crippen LogP contribution in [0.3, 0.4) is 0 Å². The van der Waals surface area contributed by atoms with Crippen molar-refractivity contribution < 1.29 is 18.7 Å². The van der Waals surface area contributed by atoms with Gasteiger partial charge in [-0.2, -0.15) is 0 Å². The zero-order valence-electron chi connectivity index (χ0n) is 24.5. The van der Waals surface area contributed by atoms with E-state index in [1.807, 2.05) is 32.3 Å². The van der Waals surface area contributed by atoms with Crippen molar-refractivity contribution in [1.82, 2.24) is 30.4 Å². The van der Waals surface area contributed by atoms with Gasteiger partial charge in [-0.25, -0.2) is 14.0 Å². The van der Waals surface area contributed by atoms with Gasteiger partial charge in [-0.1, -0.05) is 13.0 Å². The molecule has 4 aromatic rings. The fourth-order valence-corrected chi connectivity index (χ4v) is 6.09. The summed E-state index contributed by atoms with van der Waals surface area (Å²) in [4.78, 5) is 38.1. The molecule has 5 rings (SSSR count). The molecule has 4 heterocycles. The summed E-state index contributed by atoms with van der Waals surface area (Å²) in [7, 11) is 3.51. The van der Waals surface area contributed by atoms with Crippen LogP contribution < -0.4 is 20.7 Å². The number of halogens is 1. The smallest absolute Gasteiger partial charge is 0.319 e. The minimum absolute atomic E-state index is 0.0445. The maximum absolute atomic E-state index is 14.9. The summed E-state index contributed by atoms with van der Waals surface area (Å²) < 4.78 is 21.6. The van der Waals surface area contributed by atoms with Gasteiger partial charge in [0.1, 0.15) is 5.75 Å².